The highest BCUT2D eigenvalue weighted by Gasteiger charge is 2.64. The van der Waals surface area contributed by atoms with Crippen LogP contribution in [0.4, 0.5) is 0 Å². The van der Waals surface area contributed by atoms with Crippen molar-refractivity contribution in [3.63, 3.8) is 0 Å². The van der Waals surface area contributed by atoms with Crippen LogP contribution in [-0.4, -0.2) is 19.1 Å². The maximum absolute atomic E-state index is 5.53. The van der Waals surface area contributed by atoms with Crippen LogP contribution in [0.3, 0.4) is 0 Å². The molecule has 0 aliphatic heterocycles. The zero-order valence-electron chi connectivity index (χ0n) is 10.4. The fourth-order valence-electron chi connectivity index (χ4n) is 2.41. The fourth-order valence-corrected chi connectivity index (χ4v) is 2.41. The molecular weight excluding hydrogens is 172 g/mol. The van der Waals surface area contributed by atoms with Gasteiger partial charge in [0.2, 0.25) is 0 Å². The molecule has 1 aliphatic carbocycles. The number of nitrogens with one attached hydrogen (secondary N) is 1. The van der Waals surface area contributed by atoms with Gasteiger partial charge >= 0.3 is 0 Å². The number of nitrogens with two attached hydrogens (primary N) is 1. The highest BCUT2D eigenvalue weighted by Crippen LogP contribution is 2.62. The molecule has 1 atom stereocenters. The SMILES string of the molecule is CC(CCN)CNC1C(C)(C)C1(C)C. The molecule has 0 saturated heterocycles. The van der Waals surface area contributed by atoms with E-state index in [1.165, 1.54) is 0 Å². The van der Waals surface area contributed by atoms with Crippen molar-refractivity contribution in [1.29, 1.82) is 0 Å². The summed E-state index contributed by atoms with van der Waals surface area (Å²) in [5, 5.41) is 3.67. The van der Waals surface area contributed by atoms with Crippen molar-refractivity contribution in [3.05, 3.63) is 0 Å². The Morgan fingerprint density at radius 1 is 1.21 bits per heavy atom. The largest absolute Gasteiger partial charge is 0.330 e. The van der Waals surface area contributed by atoms with Gasteiger partial charge in [-0.1, -0.05) is 34.6 Å². The van der Waals surface area contributed by atoms with E-state index < -0.39 is 0 Å². The second-order valence-corrected chi connectivity index (χ2v) is 5.97. The highest BCUT2D eigenvalue weighted by atomic mass is 15.0. The third kappa shape index (κ3) is 1.96. The summed E-state index contributed by atoms with van der Waals surface area (Å²) >= 11 is 0. The average molecular weight is 198 g/mol. The standard InChI is InChI=1S/C12H26N2/c1-9(6-7-13)8-14-10-11(2,3)12(10,4)5/h9-10,14H,6-8,13H2,1-5H3. The van der Waals surface area contributed by atoms with E-state index in [4.69, 9.17) is 5.73 Å². The summed E-state index contributed by atoms with van der Waals surface area (Å²) in [6.45, 7) is 13.6. The van der Waals surface area contributed by atoms with E-state index in [1.54, 1.807) is 0 Å². The van der Waals surface area contributed by atoms with Crippen molar-refractivity contribution in [2.45, 2.75) is 47.1 Å². The quantitative estimate of drug-likeness (QED) is 0.709. The Kier molecular flexibility index (Phi) is 3.27. The van der Waals surface area contributed by atoms with E-state index in [0.717, 1.165) is 19.5 Å². The molecule has 2 heteroatoms. The normalized spacial score (nSPS) is 26.1. The van der Waals surface area contributed by atoms with Gasteiger partial charge in [-0.25, -0.2) is 0 Å². The fraction of sp³-hybridized carbons (Fsp3) is 1.00. The Morgan fingerprint density at radius 2 is 1.71 bits per heavy atom. The molecule has 0 aromatic rings. The van der Waals surface area contributed by atoms with Crippen LogP contribution >= 0.6 is 0 Å². The van der Waals surface area contributed by atoms with Crippen LogP contribution in [0.5, 0.6) is 0 Å². The van der Waals surface area contributed by atoms with Gasteiger partial charge < -0.3 is 11.1 Å². The van der Waals surface area contributed by atoms with Crippen LogP contribution in [0.25, 0.3) is 0 Å². The molecule has 0 aromatic carbocycles. The molecule has 14 heavy (non-hydrogen) atoms. The van der Waals surface area contributed by atoms with Gasteiger partial charge in [0, 0.05) is 6.04 Å². The zero-order chi connectivity index (χ0) is 11.0. The Hall–Kier alpha value is -0.0800. The third-order valence-corrected chi connectivity index (χ3v) is 4.35. The van der Waals surface area contributed by atoms with Gasteiger partial charge in [-0.3, -0.25) is 0 Å². The first-order chi connectivity index (χ1) is 6.34. The minimum atomic E-state index is 0.454. The van der Waals surface area contributed by atoms with E-state index in [9.17, 15) is 0 Å². The van der Waals surface area contributed by atoms with E-state index in [-0.39, 0.29) is 0 Å². The first-order valence-corrected chi connectivity index (χ1v) is 5.77. The molecule has 1 aliphatic rings. The van der Waals surface area contributed by atoms with Crippen LogP contribution in [0.2, 0.25) is 0 Å². The summed E-state index contributed by atoms with van der Waals surface area (Å²) in [6.07, 6.45) is 1.13. The van der Waals surface area contributed by atoms with Gasteiger partial charge in [0.25, 0.3) is 0 Å². The van der Waals surface area contributed by atoms with Crippen LogP contribution in [0.1, 0.15) is 41.0 Å². The summed E-state index contributed by atoms with van der Waals surface area (Å²) in [5.74, 6) is 0.701. The number of hydrogen-bond donors (Lipinski definition) is 2. The van der Waals surface area contributed by atoms with Crippen LogP contribution in [0, 0.1) is 16.7 Å². The zero-order valence-corrected chi connectivity index (χ0v) is 10.4. The van der Waals surface area contributed by atoms with Gasteiger partial charge in [-0.05, 0) is 36.3 Å². The molecule has 2 nitrogen and oxygen atoms in total. The molecule has 1 unspecified atom stereocenters. The van der Waals surface area contributed by atoms with Crippen LogP contribution in [-0.2, 0) is 0 Å². The Balaban J connectivity index is 2.28. The minimum Gasteiger partial charge on any atom is -0.330 e. The van der Waals surface area contributed by atoms with Gasteiger partial charge in [0.05, 0.1) is 0 Å². The highest BCUT2D eigenvalue weighted by molar-refractivity contribution is 5.17. The lowest BCUT2D eigenvalue weighted by Crippen LogP contribution is -2.28. The maximum Gasteiger partial charge on any atom is 0.0181 e. The summed E-state index contributed by atoms with van der Waals surface area (Å²) < 4.78 is 0. The van der Waals surface area contributed by atoms with Crippen LogP contribution in [0.15, 0.2) is 0 Å². The van der Waals surface area contributed by atoms with Crippen molar-refractivity contribution in [2.24, 2.45) is 22.5 Å². The van der Waals surface area contributed by atoms with Crippen LogP contribution < -0.4 is 11.1 Å². The van der Waals surface area contributed by atoms with Gasteiger partial charge in [0.1, 0.15) is 0 Å². The summed E-state index contributed by atoms with van der Waals surface area (Å²) in [7, 11) is 0. The first kappa shape index (κ1) is 12.0. The van der Waals surface area contributed by atoms with Gasteiger partial charge in [-0.2, -0.15) is 0 Å². The maximum atomic E-state index is 5.53. The molecule has 3 N–H and O–H groups in total. The minimum absolute atomic E-state index is 0.454. The van der Waals surface area contributed by atoms with E-state index in [0.29, 0.717) is 22.8 Å². The Labute approximate surface area is 88.6 Å². The van der Waals surface area contributed by atoms with E-state index in [1.807, 2.05) is 0 Å². The molecular formula is C12H26N2. The second-order valence-electron chi connectivity index (χ2n) is 5.97. The van der Waals surface area contributed by atoms with Crippen molar-refractivity contribution >= 4 is 0 Å². The molecule has 0 heterocycles. The molecule has 0 amide bonds. The lowest BCUT2D eigenvalue weighted by molar-refractivity contribution is 0.456. The Bertz CT molecular complexity index is 182. The molecule has 0 aromatic heterocycles. The van der Waals surface area contributed by atoms with E-state index >= 15 is 0 Å². The molecule has 0 spiro atoms. The predicted molar refractivity (Wildman–Crippen MR) is 62.2 cm³/mol. The summed E-state index contributed by atoms with van der Waals surface area (Å²) in [6, 6.07) is 0.676. The number of rotatable bonds is 5. The lowest BCUT2D eigenvalue weighted by atomic mass is 10.0. The van der Waals surface area contributed by atoms with Gasteiger partial charge in [0.15, 0.2) is 0 Å². The molecule has 1 rings (SSSR count). The molecule has 1 fully saturated rings. The number of hydrogen-bond acceptors (Lipinski definition) is 2. The van der Waals surface area contributed by atoms with Crippen molar-refractivity contribution < 1.29 is 0 Å². The monoisotopic (exact) mass is 198 g/mol. The van der Waals surface area contributed by atoms with Crippen molar-refractivity contribution in [1.82, 2.24) is 5.32 Å². The summed E-state index contributed by atoms with van der Waals surface area (Å²) in [4.78, 5) is 0. The second kappa shape index (κ2) is 3.82. The van der Waals surface area contributed by atoms with Crippen molar-refractivity contribution in [3.8, 4) is 0 Å². The topological polar surface area (TPSA) is 38.0 Å². The molecule has 0 bridgehead atoms. The molecule has 1 saturated carbocycles. The van der Waals surface area contributed by atoms with Gasteiger partial charge in [-0.15, -0.1) is 0 Å². The Morgan fingerprint density at radius 3 is 2.07 bits per heavy atom. The molecule has 0 radical (unpaired) electrons. The first-order valence-electron chi connectivity index (χ1n) is 5.77. The summed E-state index contributed by atoms with van der Waals surface area (Å²) in [5.41, 5.74) is 6.44. The van der Waals surface area contributed by atoms with E-state index in [2.05, 4.69) is 39.9 Å². The lowest BCUT2D eigenvalue weighted by Gasteiger charge is -2.12. The molecule has 84 valence electrons. The third-order valence-electron chi connectivity index (χ3n) is 4.35. The predicted octanol–water partition coefficient (Wildman–Crippen LogP) is 2.00. The smallest absolute Gasteiger partial charge is 0.0181 e. The average Bonchev–Trinajstić information content (AvgIpc) is 2.41. The van der Waals surface area contributed by atoms with Crippen molar-refractivity contribution in [2.75, 3.05) is 13.1 Å².